The van der Waals surface area contributed by atoms with Crippen LogP contribution in [0.1, 0.15) is 32.3 Å². The van der Waals surface area contributed by atoms with Gasteiger partial charge in [-0.2, -0.15) is 0 Å². The number of carboxylic acid groups (broad SMARTS) is 1. The van der Waals surface area contributed by atoms with Gasteiger partial charge in [0.1, 0.15) is 5.60 Å². The smallest absolute Gasteiger partial charge is 0.334 e. The molecule has 0 radical (unpaired) electrons. The topological polar surface area (TPSA) is 57.5 Å². The summed E-state index contributed by atoms with van der Waals surface area (Å²) in [6, 6.07) is 4.74. The molecule has 1 aliphatic carbocycles. The van der Waals surface area contributed by atoms with Crippen LogP contribution in [0.4, 0.5) is 0 Å². The second-order valence-corrected chi connectivity index (χ2v) is 6.28. The Kier molecular flexibility index (Phi) is 4.14. The van der Waals surface area contributed by atoms with Crippen molar-refractivity contribution in [1.29, 1.82) is 0 Å². The molecule has 0 saturated heterocycles. The maximum Gasteiger partial charge on any atom is 0.334 e. The van der Waals surface area contributed by atoms with E-state index in [9.17, 15) is 15.0 Å². The van der Waals surface area contributed by atoms with Crippen molar-refractivity contribution in [3.63, 3.8) is 0 Å². The minimum atomic E-state index is -1.53. The summed E-state index contributed by atoms with van der Waals surface area (Å²) in [5.74, 6) is -0.902. The van der Waals surface area contributed by atoms with E-state index in [-0.39, 0.29) is 11.5 Å². The number of hydrogen-bond donors (Lipinski definition) is 2. The third-order valence-corrected chi connectivity index (χ3v) is 4.49. The molecule has 2 unspecified atom stereocenters. The number of halogens is 2. The van der Waals surface area contributed by atoms with E-state index in [0.29, 0.717) is 34.0 Å². The van der Waals surface area contributed by atoms with Gasteiger partial charge in [-0.05, 0) is 43.4 Å². The SMILES string of the molecule is CC1=C(C(=O)O)C(O)(c2ccc(Cl)c(Cl)c2)CC(C)C1. The standard InChI is InChI=1S/C15H16Cl2O3/c1-8-5-9(2)13(14(18)19)15(20,7-8)10-3-4-11(16)12(17)6-10/h3-4,6,8,20H,5,7H2,1-2H3,(H,18,19). The van der Waals surface area contributed by atoms with Crippen LogP contribution >= 0.6 is 23.2 Å². The lowest BCUT2D eigenvalue weighted by atomic mass is 9.71. The summed E-state index contributed by atoms with van der Waals surface area (Å²) in [6.07, 6.45) is 1.02. The fourth-order valence-corrected chi connectivity index (χ4v) is 3.33. The van der Waals surface area contributed by atoms with Gasteiger partial charge in [-0.25, -0.2) is 4.79 Å². The number of rotatable bonds is 2. The molecule has 20 heavy (non-hydrogen) atoms. The lowest BCUT2D eigenvalue weighted by Gasteiger charge is -2.37. The summed E-state index contributed by atoms with van der Waals surface area (Å²) in [6.45, 7) is 3.74. The van der Waals surface area contributed by atoms with Crippen LogP contribution in [0.15, 0.2) is 29.3 Å². The summed E-state index contributed by atoms with van der Waals surface area (Å²) < 4.78 is 0. The van der Waals surface area contributed by atoms with Crippen molar-refractivity contribution in [3.8, 4) is 0 Å². The average Bonchev–Trinajstić information content (AvgIpc) is 2.30. The van der Waals surface area contributed by atoms with Gasteiger partial charge in [0.25, 0.3) is 0 Å². The molecule has 2 atom stereocenters. The first-order valence-electron chi connectivity index (χ1n) is 6.37. The largest absolute Gasteiger partial charge is 0.478 e. The molecular weight excluding hydrogens is 299 g/mol. The van der Waals surface area contributed by atoms with Gasteiger partial charge in [0.15, 0.2) is 0 Å². The minimum absolute atomic E-state index is 0.0500. The molecule has 0 heterocycles. The quantitative estimate of drug-likeness (QED) is 0.867. The van der Waals surface area contributed by atoms with Gasteiger partial charge in [-0.15, -0.1) is 0 Å². The Morgan fingerprint density at radius 2 is 2.00 bits per heavy atom. The maximum absolute atomic E-state index is 11.5. The molecule has 0 saturated carbocycles. The highest BCUT2D eigenvalue weighted by molar-refractivity contribution is 6.42. The van der Waals surface area contributed by atoms with Crippen LogP contribution in [-0.4, -0.2) is 16.2 Å². The van der Waals surface area contributed by atoms with Gasteiger partial charge in [0.2, 0.25) is 0 Å². The van der Waals surface area contributed by atoms with E-state index >= 15 is 0 Å². The van der Waals surface area contributed by atoms with E-state index in [4.69, 9.17) is 23.2 Å². The number of aliphatic hydroxyl groups is 1. The predicted molar refractivity (Wildman–Crippen MR) is 79.1 cm³/mol. The number of carboxylic acids is 1. The van der Waals surface area contributed by atoms with Crippen LogP contribution in [0.25, 0.3) is 0 Å². The van der Waals surface area contributed by atoms with Crippen molar-refractivity contribution < 1.29 is 15.0 Å². The molecular formula is C15H16Cl2O3. The fraction of sp³-hybridized carbons (Fsp3) is 0.400. The Balaban J connectivity index is 2.62. The van der Waals surface area contributed by atoms with E-state index in [0.717, 1.165) is 0 Å². The van der Waals surface area contributed by atoms with Gasteiger partial charge < -0.3 is 10.2 Å². The first-order chi connectivity index (χ1) is 9.25. The molecule has 5 heteroatoms. The summed E-state index contributed by atoms with van der Waals surface area (Å²) in [5.41, 5.74) is -0.309. The van der Waals surface area contributed by atoms with Crippen molar-refractivity contribution in [1.82, 2.24) is 0 Å². The van der Waals surface area contributed by atoms with Crippen LogP contribution in [-0.2, 0) is 10.4 Å². The summed E-state index contributed by atoms with van der Waals surface area (Å²) >= 11 is 11.9. The van der Waals surface area contributed by atoms with Crippen LogP contribution in [0.2, 0.25) is 10.0 Å². The number of carbonyl (C=O) groups is 1. The lowest BCUT2D eigenvalue weighted by Crippen LogP contribution is -2.38. The van der Waals surface area contributed by atoms with Crippen molar-refractivity contribution in [3.05, 3.63) is 45.0 Å². The fourth-order valence-electron chi connectivity index (χ4n) is 3.03. The van der Waals surface area contributed by atoms with Gasteiger partial charge in [0.05, 0.1) is 15.6 Å². The molecule has 2 N–H and O–H groups in total. The van der Waals surface area contributed by atoms with Crippen LogP contribution in [0, 0.1) is 5.92 Å². The van der Waals surface area contributed by atoms with Gasteiger partial charge in [-0.1, -0.05) is 41.8 Å². The van der Waals surface area contributed by atoms with Crippen molar-refractivity contribution in [2.75, 3.05) is 0 Å². The molecule has 3 nitrogen and oxygen atoms in total. The number of hydrogen-bond acceptors (Lipinski definition) is 2. The predicted octanol–water partition coefficient (Wildman–Crippen LogP) is 4.01. The van der Waals surface area contributed by atoms with E-state index in [1.165, 1.54) is 6.07 Å². The van der Waals surface area contributed by atoms with E-state index in [1.807, 2.05) is 6.92 Å². The first kappa shape index (κ1) is 15.4. The highest BCUT2D eigenvalue weighted by Crippen LogP contribution is 2.44. The third kappa shape index (κ3) is 2.58. The highest BCUT2D eigenvalue weighted by Gasteiger charge is 2.43. The number of allylic oxidation sites excluding steroid dienone is 1. The van der Waals surface area contributed by atoms with E-state index in [2.05, 4.69) is 0 Å². The number of benzene rings is 1. The molecule has 0 fully saturated rings. The average molecular weight is 315 g/mol. The van der Waals surface area contributed by atoms with Crippen molar-refractivity contribution in [2.24, 2.45) is 5.92 Å². The van der Waals surface area contributed by atoms with Gasteiger partial charge in [0, 0.05) is 0 Å². The second kappa shape index (κ2) is 5.40. The monoisotopic (exact) mass is 314 g/mol. The Morgan fingerprint density at radius 3 is 2.55 bits per heavy atom. The zero-order valence-corrected chi connectivity index (χ0v) is 12.8. The zero-order valence-electron chi connectivity index (χ0n) is 11.3. The summed E-state index contributed by atoms with van der Waals surface area (Å²) in [5, 5.41) is 21.1. The van der Waals surface area contributed by atoms with Gasteiger partial charge in [-0.3, -0.25) is 0 Å². The summed E-state index contributed by atoms with van der Waals surface area (Å²) in [7, 11) is 0. The van der Waals surface area contributed by atoms with Crippen LogP contribution in [0.5, 0.6) is 0 Å². The van der Waals surface area contributed by atoms with E-state index < -0.39 is 11.6 Å². The zero-order chi connectivity index (χ0) is 15.1. The minimum Gasteiger partial charge on any atom is -0.478 e. The molecule has 1 aliphatic rings. The molecule has 0 spiro atoms. The molecule has 0 bridgehead atoms. The second-order valence-electron chi connectivity index (χ2n) is 5.46. The molecule has 1 aromatic carbocycles. The molecule has 108 valence electrons. The summed E-state index contributed by atoms with van der Waals surface area (Å²) in [4.78, 5) is 11.5. The lowest BCUT2D eigenvalue weighted by molar-refractivity contribution is -0.136. The van der Waals surface area contributed by atoms with Crippen molar-refractivity contribution in [2.45, 2.75) is 32.3 Å². The molecule has 2 rings (SSSR count). The molecule has 0 amide bonds. The van der Waals surface area contributed by atoms with Crippen LogP contribution in [0.3, 0.4) is 0 Å². The molecule has 1 aromatic rings. The third-order valence-electron chi connectivity index (χ3n) is 3.75. The van der Waals surface area contributed by atoms with E-state index in [1.54, 1.807) is 19.1 Å². The molecule has 0 aromatic heterocycles. The Labute approximate surface area is 127 Å². The van der Waals surface area contributed by atoms with Crippen LogP contribution < -0.4 is 0 Å². The maximum atomic E-state index is 11.5. The molecule has 0 aliphatic heterocycles. The highest BCUT2D eigenvalue weighted by atomic mass is 35.5. The Hall–Kier alpha value is -1.03. The number of aliphatic carboxylic acids is 1. The van der Waals surface area contributed by atoms with Crippen molar-refractivity contribution >= 4 is 29.2 Å². The van der Waals surface area contributed by atoms with Gasteiger partial charge >= 0.3 is 5.97 Å². The Morgan fingerprint density at radius 1 is 1.35 bits per heavy atom. The normalized spacial score (nSPS) is 26.8. The Bertz CT molecular complexity index is 595. The first-order valence-corrected chi connectivity index (χ1v) is 7.12.